The van der Waals surface area contributed by atoms with E-state index in [1.54, 1.807) is 4.90 Å². The van der Waals surface area contributed by atoms with Crippen LogP contribution in [0.1, 0.15) is 76.6 Å². The summed E-state index contributed by atoms with van der Waals surface area (Å²) in [5.74, 6) is -1.32. The molecular formula is C32H46FN7O6S. The zero-order valence-electron chi connectivity index (χ0n) is 27.6. The molecule has 47 heavy (non-hydrogen) atoms. The number of carbonyl (C=O) groups excluding carboxylic acids is 1. The van der Waals surface area contributed by atoms with Crippen LogP contribution in [0.4, 0.5) is 10.2 Å². The Hall–Kier alpha value is -2.98. The molecule has 0 unspecified atom stereocenters. The van der Waals surface area contributed by atoms with Crippen LogP contribution in [0.5, 0.6) is 11.6 Å². The van der Waals surface area contributed by atoms with Gasteiger partial charge in [0.2, 0.25) is 10.0 Å². The molecule has 6 rings (SSSR count). The number of nitrogens with zero attached hydrogens (tertiary/aromatic N) is 6. The number of nitrogens with one attached hydrogen (secondary N) is 1. The van der Waals surface area contributed by atoms with Crippen molar-refractivity contribution in [3.63, 3.8) is 0 Å². The molecular weight excluding hydrogens is 629 g/mol. The summed E-state index contributed by atoms with van der Waals surface area (Å²) in [5, 5.41) is 19.0. The molecule has 2 atom stereocenters. The summed E-state index contributed by atoms with van der Waals surface area (Å²) >= 11 is 0. The quantitative estimate of drug-likeness (QED) is 0.362. The molecule has 1 aromatic heterocycles. The number of likely N-dealkylation sites (tertiary alicyclic amines) is 1. The minimum Gasteiger partial charge on any atom is -0.434 e. The Bertz CT molecular complexity index is 1540. The molecule has 0 bridgehead atoms. The predicted octanol–water partition coefficient (Wildman–Crippen LogP) is 2.91. The van der Waals surface area contributed by atoms with Gasteiger partial charge in [-0.2, -0.15) is 0 Å². The highest BCUT2D eigenvalue weighted by Crippen LogP contribution is 2.45. The van der Waals surface area contributed by atoms with Crippen molar-refractivity contribution in [3.8, 4) is 11.6 Å². The number of carbonyl (C=O) groups is 1. The summed E-state index contributed by atoms with van der Waals surface area (Å²) in [6.45, 7) is 11.3. The van der Waals surface area contributed by atoms with E-state index >= 15 is 0 Å². The van der Waals surface area contributed by atoms with Gasteiger partial charge in [-0.15, -0.1) is 10.2 Å². The fourth-order valence-electron chi connectivity index (χ4n) is 7.11. The van der Waals surface area contributed by atoms with E-state index in [1.165, 1.54) is 24.5 Å². The summed E-state index contributed by atoms with van der Waals surface area (Å²) in [4.78, 5) is 23.9. The molecule has 258 valence electrons. The lowest BCUT2D eigenvalue weighted by molar-refractivity contribution is -0.239. The largest absolute Gasteiger partial charge is 0.434 e. The third-order valence-corrected chi connectivity index (χ3v) is 11.8. The van der Waals surface area contributed by atoms with Gasteiger partial charge >= 0.3 is 0 Å². The van der Waals surface area contributed by atoms with E-state index in [2.05, 4.69) is 29.7 Å². The maximum absolute atomic E-state index is 14.3. The van der Waals surface area contributed by atoms with Crippen molar-refractivity contribution in [2.75, 3.05) is 44.2 Å². The number of piperidine rings is 1. The van der Waals surface area contributed by atoms with E-state index in [4.69, 9.17) is 9.47 Å². The van der Waals surface area contributed by atoms with Crippen molar-refractivity contribution in [3.05, 3.63) is 35.9 Å². The molecule has 1 aliphatic carbocycles. The van der Waals surface area contributed by atoms with Crippen LogP contribution in [-0.2, 0) is 14.8 Å². The minimum absolute atomic E-state index is 0.0764. The van der Waals surface area contributed by atoms with Gasteiger partial charge < -0.3 is 24.4 Å². The lowest BCUT2D eigenvalue weighted by Crippen LogP contribution is -2.62. The van der Waals surface area contributed by atoms with E-state index in [-0.39, 0.29) is 58.5 Å². The standard InChI is InChI=1S/C32H46FN7O6S/c1-21(2)40(22(3)4)30(41)26-15-23(33)5-8-27(26)46-29-28(34-20-35-36-29)39-17-31(18-39)11-13-38(14-12-31)19-32(42)10-9-24(16-45-32)37-47(43,44)25-6-7-25/h5,8,15,20-22,24-25,37,42H,6-7,9-14,16-19H2,1-4H3/t24-,32-/m1/s1. The van der Waals surface area contributed by atoms with E-state index in [1.807, 2.05) is 27.7 Å². The highest BCUT2D eigenvalue weighted by molar-refractivity contribution is 7.90. The molecule has 1 aromatic carbocycles. The second-order valence-electron chi connectivity index (χ2n) is 14.2. The average Bonchev–Trinajstić information content (AvgIpc) is 3.86. The van der Waals surface area contributed by atoms with Crippen molar-refractivity contribution >= 4 is 21.7 Å². The van der Waals surface area contributed by atoms with Gasteiger partial charge in [-0.25, -0.2) is 22.5 Å². The monoisotopic (exact) mass is 675 g/mol. The van der Waals surface area contributed by atoms with Crippen LogP contribution in [0.25, 0.3) is 0 Å². The number of amides is 1. The number of rotatable bonds is 11. The van der Waals surface area contributed by atoms with E-state index in [0.29, 0.717) is 38.0 Å². The van der Waals surface area contributed by atoms with Gasteiger partial charge in [0, 0.05) is 43.1 Å². The SMILES string of the molecule is CC(C)N(C(=O)c1cc(F)ccc1Oc1nncnc1N1CC2(CCN(C[C@@]3(O)CC[C@@H](NS(=O)(=O)C4CC4)CO3)CC2)C1)C(C)C. The highest BCUT2D eigenvalue weighted by Gasteiger charge is 2.48. The lowest BCUT2D eigenvalue weighted by Gasteiger charge is -2.55. The van der Waals surface area contributed by atoms with Gasteiger partial charge in [-0.1, -0.05) is 0 Å². The molecule has 3 saturated heterocycles. The fourth-order valence-corrected chi connectivity index (χ4v) is 8.71. The molecule has 4 aliphatic rings. The first kappa shape index (κ1) is 33.9. The van der Waals surface area contributed by atoms with Crippen molar-refractivity contribution in [1.82, 2.24) is 29.7 Å². The number of hydrogen-bond acceptors (Lipinski definition) is 11. The number of aromatic nitrogens is 3. The first-order chi connectivity index (χ1) is 22.3. The molecule has 1 spiro atoms. The number of aliphatic hydroxyl groups is 1. The van der Waals surface area contributed by atoms with E-state index in [9.17, 15) is 22.7 Å². The summed E-state index contributed by atoms with van der Waals surface area (Å²) < 4.78 is 53.6. The highest BCUT2D eigenvalue weighted by atomic mass is 32.2. The van der Waals surface area contributed by atoms with Gasteiger partial charge in [0.25, 0.3) is 11.8 Å². The van der Waals surface area contributed by atoms with Gasteiger partial charge in [-0.05, 0) is 91.1 Å². The van der Waals surface area contributed by atoms with Gasteiger partial charge in [-0.3, -0.25) is 9.69 Å². The second kappa shape index (κ2) is 13.1. The van der Waals surface area contributed by atoms with Crippen LogP contribution in [0, 0.1) is 11.2 Å². The van der Waals surface area contributed by atoms with Crippen molar-refractivity contribution in [1.29, 1.82) is 0 Å². The third-order valence-electron chi connectivity index (χ3n) is 9.77. The molecule has 0 radical (unpaired) electrons. The maximum Gasteiger partial charge on any atom is 0.282 e. The minimum atomic E-state index is -3.29. The van der Waals surface area contributed by atoms with E-state index < -0.39 is 21.6 Å². The number of benzene rings is 1. The summed E-state index contributed by atoms with van der Waals surface area (Å²) in [6, 6.07) is 3.38. The molecule has 15 heteroatoms. The first-order valence-corrected chi connectivity index (χ1v) is 18.1. The molecule has 4 heterocycles. The Morgan fingerprint density at radius 3 is 2.47 bits per heavy atom. The molecule has 2 N–H and O–H groups in total. The Balaban J connectivity index is 1.04. The first-order valence-electron chi connectivity index (χ1n) is 16.6. The van der Waals surface area contributed by atoms with Crippen LogP contribution in [0.15, 0.2) is 24.5 Å². The number of β-amino-alcohol motifs (C(OH)–C–C–N with tert-alkyl or cyclic N) is 1. The van der Waals surface area contributed by atoms with Crippen LogP contribution in [-0.4, -0.2) is 113 Å². The summed E-state index contributed by atoms with van der Waals surface area (Å²) in [5.41, 5.74) is 0.183. The normalized spacial score (nSPS) is 24.9. The fraction of sp³-hybridized carbons (Fsp3) is 0.688. The Morgan fingerprint density at radius 2 is 1.85 bits per heavy atom. The third kappa shape index (κ3) is 7.53. The number of sulfonamides is 1. The number of hydrogen-bond donors (Lipinski definition) is 2. The zero-order valence-corrected chi connectivity index (χ0v) is 28.4. The van der Waals surface area contributed by atoms with Crippen molar-refractivity contribution < 1.29 is 32.2 Å². The van der Waals surface area contributed by atoms with Crippen molar-refractivity contribution in [2.24, 2.45) is 5.41 Å². The van der Waals surface area contributed by atoms with Gasteiger partial charge in [0.1, 0.15) is 17.9 Å². The topological polar surface area (TPSA) is 150 Å². The maximum atomic E-state index is 14.3. The molecule has 1 saturated carbocycles. The smallest absolute Gasteiger partial charge is 0.282 e. The Morgan fingerprint density at radius 1 is 1.15 bits per heavy atom. The molecule has 1 amide bonds. The Kier molecular flexibility index (Phi) is 9.48. The lowest BCUT2D eigenvalue weighted by atomic mass is 9.72. The summed E-state index contributed by atoms with van der Waals surface area (Å²) in [7, 11) is -3.29. The second-order valence-corrected chi connectivity index (χ2v) is 16.2. The predicted molar refractivity (Wildman–Crippen MR) is 172 cm³/mol. The molecule has 3 aliphatic heterocycles. The van der Waals surface area contributed by atoms with Crippen LogP contribution < -0.4 is 14.4 Å². The average molecular weight is 676 g/mol. The summed E-state index contributed by atoms with van der Waals surface area (Å²) in [6.07, 6.45) is 5.54. The van der Waals surface area contributed by atoms with Gasteiger partial charge in [0.15, 0.2) is 11.6 Å². The van der Waals surface area contributed by atoms with E-state index in [0.717, 1.165) is 39.0 Å². The molecule has 4 fully saturated rings. The van der Waals surface area contributed by atoms with Crippen molar-refractivity contribution in [2.45, 2.75) is 95.4 Å². The Labute approximate surface area is 275 Å². The molecule has 13 nitrogen and oxygen atoms in total. The molecule has 2 aromatic rings. The zero-order chi connectivity index (χ0) is 33.6. The number of anilines is 1. The van der Waals surface area contributed by atoms with Crippen LogP contribution >= 0.6 is 0 Å². The van der Waals surface area contributed by atoms with Gasteiger partial charge in [0.05, 0.1) is 24.0 Å². The number of halogens is 1. The number of ether oxygens (including phenoxy) is 2. The van der Waals surface area contributed by atoms with Crippen LogP contribution in [0.3, 0.4) is 0 Å². The van der Waals surface area contributed by atoms with Crippen LogP contribution in [0.2, 0.25) is 0 Å².